The van der Waals surface area contributed by atoms with E-state index in [4.69, 9.17) is 0 Å². The van der Waals surface area contributed by atoms with Gasteiger partial charge in [0.1, 0.15) is 5.69 Å². The molecule has 0 aromatic heterocycles. The van der Waals surface area contributed by atoms with Crippen molar-refractivity contribution in [2.45, 2.75) is 24.7 Å². The number of nitro groups is 1. The Labute approximate surface area is 118 Å². The molecule has 1 aromatic rings. The first-order valence-electron chi connectivity index (χ1n) is 6.52. The highest BCUT2D eigenvalue weighted by molar-refractivity contribution is 7.90. The Morgan fingerprint density at radius 2 is 2.10 bits per heavy atom. The maximum Gasteiger partial charge on any atom is 0.293 e. The van der Waals surface area contributed by atoms with Gasteiger partial charge in [-0.15, -0.1) is 0 Å². The van der Waals surface area contributed by atoms with Crippen molar-refractivity contribution < 1.29 is 13.3 Å². The standard InChI is InChI=1S/C13H18N2O4S/c1-10-4-3-7-14(9-10)12-6-5-11(20(2,18)19)8-13(12)15(16)17/h5-6,8,10H,3-4,7,9H2,1-2H3/t10-/m0/s1. The van der Waals surface area contributed by atoms with Crippen LogP contribution in [0.5, 0.6) is 0 Å². The Kier molecular flexibility index (Phi) is 3.99. The Morgan fingerprint density at radius 1 is 1.40 bits per heavy atom. The highest BCUT2D eigenvalue weighted by Crippen LogP contribution is 2.33. The van der Waals surface area contributed by atoms with Crippen LogP contribution in [0.3, 0.4) is 0 Å². The van der Waals surface area contributed by atoms with Gasteiger partial charge in [0.15, 0.2) is 9.84 Å². The summed E-state index contributed by atoms with van der Waals surface area (Å²) in [5, 5.41) is 11.2. The molecule has 0 radical (unpaired) electrons. The minimum absolute atomic E-state index is 0.0157. The fourth-order valence-electron chi connectivity index (χ4n) is 2.56. The minimum Gasteiger partial charge on any atom is -0.366 e. The normalized spacial score (nSPS) is 19.9. The van der Waals surface area contributed by atoms with Crippen LogP contribution in [0.4, 0.5) is 11.4 Å². The largest absolute Gasteiger partial charge is 0.366 e. The zero-order chi connectivity index (χ0) is 14.9. The van der Waals surface area contributed by atoms with Crippen LogP contribution in [0.1, 0.15) is 19.8 Å². The molecule has 1 heterocycles. The van der Waals surface area contributed by atoms with E-state index in [1.807, 2.05) is 4.90 Å². The molecule has 0 unspecified atom stereocenters. The van der Waals surface area contributed by atoms with Gasteiger partial charge in [0, 0.05) is 25.4 Å². The summed E-state index contributed by atoms with van der Waals surface area (Å²) in [7, 11) is -3.44. The SMILES string of the molecule is C[C@H]1CCCN(c2ccc(S(C)(=O)=O)cc2[N+](=O)[O-])C1. The lowest BCUT2D eigenvalue weighted by atomic mass is 9.99. The van der Waals surface area contributed by atoms with E-state index in [-0.39, 0.29) is 10.6 Å². The molecule has 0 N–H and O–H groups in total. The van der Waals surface area contributed by atoms with Crippen molar-refractivity contribution >= 4 is 21.2 Å². The topological polar surface area (TPSA) is 80.5 Å². The average molecular weight is 298 g/mol. The Morgan fingerprint density at radius 3 is 2.65 bits per heavy atom. The molecule has 1 saturated heterocycles. The molecule has 2 rings (SSSR count). The zero-order valence-corrected chi connectivity index (χ0v) is 12.4. The van der Waals surface area contributed by atoms with Crippen molar-refractivity contribution in [2.75, 3.05) is 24.2 Å². The second-order valence-corrected chi connectivity index (χ2v) is 7.39. The highest BCUT2D eigenvalue weighted by atomic mass is 32.2. The van der Waals surface area contributed by atoms with Gasteiger partial charge in [-0.3, -0.25) is 10.1 Å². The number of hydrogen-bond donors (Lipinski definition) is 0. The molecule has 0 spiro atoms. The predicted molar refractivity (Wildman–Crippen MR) is 76.8 cm³/mol. The first-order valence-corrected chi connectivity index (χ1v) is 8.41. The van der Waals surface area contributed by atoms with Crippen molar-refractivity contribution in [3.8, 4) is 0 Å². The fraction of sp³-hybridized carbons (Fsp3) is 0.538. The molecule has 1 aliphatic heterocycles. The summed E-state index contributed by atoms with van der Waals surface area (Å²) in [6, 6.07) is 4.15. The monoisotopic (exact) mass is 298 g/mol. The van der Waals surface area contributed by atoms with Gasteiger partial charge >= 0.3 is 0 Å². The second kappa shape index (κ2) is 5.40. The van der Waals surface area contributed by atoms with Crippen LogP contribution < -0.4 is 4.90 Å². The Balaban J connectivity index is 2.45. The molecule has 1 aromatic carbocycles. The summed E-state index contributed by atoms with van der Waals surface area (Å²) in [5.74, 6) is 0.484. The van der Waals surface area contributed by atoms with E-state index in [1.165, 1.54) is 6.07 Å². The van der Waals surface area contributed by atoms with Gasteiger partial charge in [0.25, 0.3) is 5.69 Å². The zero-order valence-electron chi connectivity index (χ0n) is 11.6. The molecular formula is C13H18N2O4S. The molecule has 1 atom stereocenters. The number of nitrogens with zero attached hydrogens (tertiary/aromatic N) is 2. The fourth-order valence-corrected chi connectivity index (χ4v) is 3.20. The van der Waals surface area contributed by atoms with Crippen molar-refractivity contribution in [3.63, 3.8) is 0 Å². The molecule has 0 saturated carbocycles. The van der Waals surface area contributed by atoms with E-state index >= 15 is 0 Å². The van der Waals surface area contributed by atoms with Crippen LogP contribution in [0.2, 0.25) is 0 Å². The quantitative estimate of drug-likeness (QED) is 0.631. The summed E-state index contributed by atoms with van der Waals surface area (Å²) in [5.41, 5.74) is 0.371. The lowest BCUT2D eigenvalue weighted by molar-refractivity contribution is -0.384. The van der Waals surface area contributed by atoms with Crippen molar-refractivity contribution in [2.24, 2.45) is 5.92 Å². The second-order valence-electron chi connectivity index (χ2n) is 5.37. The maximum absolute atomic E-state index is 11.5. The van der Waals surface area contributed by atoms with Crippen LogP contribution in [-0.2, 0) is 9.84 Å². The van der Waals surface area contributed by atoms with Crippen molar-refractivity contribution in [1.29, 1.82) is 0 Å². The molecule has 7 heteroatoms. The predicted octanol–water partition coefficient (Wildman–Crippen LogP) is 2.23. The average Bonchev–Trinajstić information content (AvgIpc) is 2.37. The summed E-state index contributed by atoms with van der Waals surface area (Å²) >= 11 is 0. The Bertz CT molecular complexity index is 627. The van der Waals surface area contributed by atoms with Gasteiger partial charge in [-0.05, 0) is 30.9 Å². The third kappa shape index (κ3) is 3.09. The maximum atomic E-state index is 11.5. The van der Waals surface area contributed by atoms with Crippen LogP contribution in [0.15, 0.2) is 23.1 Å². The summed E-state index contributed by atoms with van der Waals surface area (Å²) in [6.45, 7) is 3.64. The smallest absolute Gasteiger partial charge is 0.293 e. The Hall–Kier alpha value is -1.63. The van der Waals surface area contributed by atoms with Gasteiger partial charge in [0.05, 0.1) is 9.82 Å². The van der Waals surface area contributed by atoms with E-state index in [2.05, 4.69) is 6.92 Å². The summed E-state index contributed by atoms with van der Waals surface area (Å²) in [6.07, 6.45) is 3.16. The van der Waals surface area contributed by atoms with Crippen LogP contribution in [0, 0.1) is 16.0 Å². The minimum atomic E-state index is -3.44. The number of sulfone groups is 1. The van der Waals surface area contributed by atoms with Gasteiger partial charge in [0.2, 0.25) is 0 Å². The van der Waals surface area contributed by atoms with Gasteiger partial charge in [-0.25, -0.2) is 8.42 Å². The highest BCUT2D eigenvalue weighted by Gasteiger charge is 2.25. The van der Waals surface area contributed by atoms with E-state index < -0.39 is 14.8 Å². The summed E-state index contributed by atoms with van der Waals surface area (Å²) in [4.78, 5) is 12.7. The van der Waals surface area contributed by atoms with E-state index in [0.29, 0.717) is 11.6 Å². The lowest BCUT2D eigenvalue weighted by Crippen LogP contribution is -2.34. The van der Waals surface area contributed by atoms with Gasteiger partial charge < -0.3 is 4.90 Å². The molecule has 110 valence electrons. The van der Waals surface area contributed by atoms with E-state index in [9.17, 15) is 18.5 Å². The number of anilines is 1. The molecule has 6 nitrogen and oxygen atoms in total. The van der Waals surface area contributed by atoms with E-state index in [0.717, 1.165) is 38.3 Å². The third-order valence-corrected chi connectivity index (χ3v) is 4.68. The molecule has 20 heavy (non-hydrogen) atoms. The van der Waals surface area contributed by atoms with Crippen molar-refractivity contribution in [3.05, 3.63) is 28.3 Å². The lowest BCUT2D eigenvalue weighted by Gasteiger charge is -2.32. The molecule has 0 bridgehead atoms. The number of piperidine rings is 1. The van der Waals surface area contributed by atoms with Crippen LogP contribution in [-0.4, -0.2) is 32.7 Å². The first-order chi connectivity index (χ1) is 9.29. The van der Waals surface area contributed by atoms with Crippen LogP contribution in [0.25, 0.3) is 0 Å². The van der Waals surface area contributed by atoms with Crippen LogP contribution >= 0.6 is 0 Å². The van der Waals surface area contributed by atoms with Gasteiger partial charge in [-0.2, -0.15) is 0 Å². The molecule has 1 aliphatic rings. The van der Waals surface area contributed by atoms with Gasteiger partial charge in [-0.1, -0.05) is 6.92 Å². The molecule has 1 fully saturated rings. The number of rotatable bonds is 3. The van der Waals surface area contributed by atoms with E-state index in [1.54, 1.807) is 6.07 Å². The molecule has 0 aliphatic carbocycles. The molecular weight excluding hydrogens is 280 g/mol. The number of nitro benzene ring substituents is 1. The summed E-state index contributed by atoms with van der Waals surface area (Å²) < 4.78 is 23.0. The first kappa shape index (κ1) is 14.8. The number of hydrogen-bond acceptors (Lipinski definition) is 5. The number of benzene rings is 1. The third-order valence-electron chi connectivity index (χ3n) is 3.57. The van der Waals surface area contributed by atoms with Crippen molar-refractivity contribution in [1.82, 2.24) is 0 Å². The molecule has 0 amide bonds.